The van der Waals surface area contributed by atoms with Gasteiger partial charge in [0.05, 0.1) is 18.6 Å². The van der Waals surface area contributed by atoms with Crippen molar-refractivity contribution in [2.24, 2.45) is 0 Å². The van der Waals surface area contributed by atoms with Crippen LogP contribution in [0, 0.1) is 0 Å². The van der Waals surface area contributed by atoms with E-state index in [4.69, 9.17) is 4.74 Å². The van der Waals surface area contributed by atoms with E-state index in [0.29, 0.717) is 26.2 Å². The summed E-state index contributed by atoms with van der Waals surface area (Å²) in [5.74, 6) is -0.00357. The number of alkyl halides is 3. The molecular formula is C10H16F3N3OS. The number of aryl methyl sites for hydroxylation is 1. The second-order valence-corrected chi connectivity index (χ2v) is 4.73. The Bertz CT molecular complexity index is 343. The number of imidazole rings is 1. The average molecular weight is 283 g/mol. The summed E-state index contributed by atoms with van der Waals surface area (Å²) in [6.45, 7) is 2.22. The number of methoxy groups -OCH3 is 1. The van der Waals surface area contributed by atoms with Gasteiger partial charge in [0, 0.05) is 38.7 Å². The quantitative estimate of drug-likeness (QED) is 0.739. The van der Waals surface area contributed by atoms with Gasteiger partial charge in [0.15, 0.2) is 0 Å². The maximum atomic E-state index is 11.9. The van der Waals surface area contributed by atoms with E-state index in [0.717, 1.165) is 5.69 Å². The van der Waals surface area contributed by atoms with Crippen molar-refractivity contribution in [2.75, 3.05) is 26.0 Å². The van der Waals surface area contributed by atoms with Crippen molar-refractivity contribution < 1.29 is 17.9 Å². The molecule has 1 aromatic heterocycles. The second kappa shape index (κ2) is 7.65. The van der Waals surface area contributed by atoms with E-state index in [2.05, 4.69) is 10.3 Å². The molecule has 18 heavy (non-hydrogen) atoms. The van der Waals surface area contributed by atoms with Gasteiger partial charge in [-0.15, -0.1) is 0 Å². The Morgan fingerprint density at radius 2 is 2.28 bits per heavy atom. The van der Waals surface area contributed by atoms with Crippen molar-refractivity contribution in [1.29, 1.82) is 0 Å². The smallest absolute Gasteiger partial charge is 0.383 e. The van der Waals surface area contributed by atoms with Crippen LogP contribution >= 0.6 is 11.8 Å². The standard InChI is InChI=1S/C10H16F3N3OS/c1-17-4-2-14-6-9-7-16(8-15-9)3-5-18-10(11,12)13/h7-8,14H,2-6H2,1H3. The van der Waals surface area contributed by atoms with Gasteiger partial charge >= 0.3 is 5.51 Å². The summed E-state index contributed by atoms with van der Waals surface area (Å²) < 4.78 is 42.3. The monoisotopic (exact) mass is 283 g/mol. The van der Waals surface area contributed by atoms with E-state index < -0.39 is 5.51 Å². The Morgan fingerprint density at radius 1 is 1.50 bits per heavy atom. The number of halogens is 3. The van der Waals surface area contributed by atoms with E-state index in [1.165, 1.54) is 0 Å². The van der Waals surface area contributed by atoms with Crippen LogP contribution in [0.3, 0.4) is 0 Å². The lowest BCUT2D eigenvalue weighted by Crippen LogP contribution is -2.18. The minimum atomic E-state index is -4.16. The molecule has 0 bridgehead atoms. The molecule has 0 fully saturated rings. The summed E-state index contributed by atoms with van der Waals surface area (Å²) in [6.07, 6.45) is 3.29. The van der Waals surface area contributed by atoms with Gasteiger partial charge in [-0.25, -0.2) is 4.98 Å². The van der Waals surface area contributed by atoms with E-state index >= 15 is 0 Å². The molecule has 0 unspecified atom stereocenters. The Kier molecular flexibility index (Phi) is 6.51. The van der Waals surface area contributed by atoms with Crippen LogP contribution in [0.15, 0.2) is 12.5 Å². The average Bonchev–Trinajstić information content (AvgIpc) is 2.71. The zero-order chi connectivity index (χ0) is 13.4. The second-order valence-electron chi connectivity index (χ2n) is 3.57. The summed E-state index contributed by atoms with van der Waals surface area (Å²) in [5.41, 5.74) is -3.35. The highest BCUT2D eigenvalue weighted by Crippen LogP contribution is 2.29. The van der Waals surface area contributed by atoms with Gasteiger partial charge in [0.2, 0.25) is 0 Å². The zero-order valence-electron chi connectivity index (χ0n) is 10.0. The summed E-state index contributed by atoms with van der Waals surface area (Å²) in [4.78, 5) is 4.10. The first-order valence-corrected chi connectivity index (χ1v) is 6.41. The number of hydrogen-bond acceptors (Lipinski definition) is 4. The number of ether oxygens (including phenoxy) is 1. The lowest BCUT2D eigenvalue weighted by molar-refractivity contribution is -0.0328. The van der Waals surface area contributed by atoms with Crippen LogP contribution in [0.4, 0.5) is 13.2 Å². The van der Waals surface area contributed by atoms with Crippen molar-refractivity contribution in [2.45, 2.75) is 18.6 Å². The maximum Gasteiger partial charge on any atom is 0.441 e. The predicted molar refractivity (Wildman–Crippen MR) is 64.3 cm³/mol. The van der Waals surface area contributed by atoms with Gasteiger partial charge in [-0.3, -0.25) is 0 Å². The van der Waals surface area contributed by atoms with Gasteiger partial charge in [0.1, 0.15) is 0 Å². The molecule has 0 aliphatic carbocycles. The summed E-state index contributed by atoms with van der Waals surface area (Å²) in [7, 11) is 1.62. The lowest BCUT2D eigenvalue weighted by Gasteiger charge is -2.05. The summed E-state index contributed by atoms with van der Waals surface area (Å²) >= 11 is -0.0186. The predicted octanol–water partition coefficient (Wildman–Crippen LogP) is 1.87. The lowest BCUT2D eigenvalue weighted by atomic mass is 10.4. The molecule has 1 rings (SSSR count). The molecule has 0 atom stereocenters. The minimum absolute atomic E-state index is 0.00357. The Hall–Kier alpha value is -0.730. The van der Waals surface area contributed by atoms with Gasteiger partial charge in [-0.05, 0) is 11.8 Å². The van der Waals surface area contributed by atoms with Crippen LogP contribution in [-0.4, -0.2) is 41.1 Å². The molecule has 0 radical (unpaired) electrons. The van der Waals surface area contributed by atoms with E-state index in [1.54, 1.807) is 24.2 Å². The molecule has 0 aliphatic heterocycles. The molecule has 1 aromatic rings. The fraction of sp³-hybridized carbons (Fsp3) is 0.700. The minimum Gasteiger partial charge on any atom is -0.383 e. The van der Waals surface area contributed by atoms with Gasteiger partial charge in [-0.2, -0.15) is 13.2 Å². The fourth-order valence-electron chi connectivity index (χ4n) is 1.28. The Morgan fingerprint density at radius 3 is 2.94 bits per heavy atom. The van der Waals surface area contributed by atoms with Crippen molar-refractivity contribution in [3.05, 3.63) is 18.2 Å². The van der Waals surface area contributed by atoms with Crippen molar-refractivity contribution in [1.82, 2.24) is 14.9 Å². The molecule has 0 amide bonds. The summed E-state index contributed by atoms with van der Waals surface area (Å²) in [5, 5.41) is 3.11. The molecule has 0 saturated carbocycles. The van der Waals surface area contributed by atoms with Gasteiger partial charge in [-0.1, -0.05) is 0 Å². The SMILES string of the molecule is COCCNCc1cn(CCSC(F)(F)F)cn1. The van der Waals surface area contributed by atoms with E-state index in [9.17, 15) is 13.2 Å². The molecule has 4 nitrogen and oxygen atoms in total. The molecule has 1 N–H and O–H groups in total. The van der Waals surface area contributed by atoms with Crippen molar-refractivity contribution >= 4 is 11.8 Å². The Balaban J connectivity index is 2.21. The number of hydrogen-bond donors (Lipinski definition) is 1. The summed E-state index contributed by atoms with van der Waals surface area (Å²) in [6, 6.07) is 0. The molecule has 8 heteroatoms. The third-order valence-corrected chi connectivity index (χ3v) is 2.81. The van der Waals surface area contributed by atoms with E-state index in [1.807, 2.05) is 0 Å². The molecule has 104 valence electrons. The fourth-order valence-corrected chi connectivity index (χ4v) is 1.81. The largest absolute Gasteiger partial charge is 0.441 e. The first kappa shape index (κ1) is 15.3. The van der Waals surface area contributed by atoms with Gasteiger partial charge < -0.3 is 14.6 Å². The molecule has 0 aromatic carbocycles. The highest BCUT2D eigenvalue weighted by atomic mass is 32.2. The number of nitrogens with one attached hydrogen (secondary N) is 1. The van der Waals surface area contributed by atoms with E-state index in [-0.39, 0.29) is 17.5 Å². The first-order valence-electron chi connectivity index (χ1n) is 5.42. The van der Waals surface area contributed by atoms with Crippen LogP contribution < -0.4 is 5.32 Å². The molecule has 1 heterocycles. The molecule has 0 saturated heterocycles. The van der Waals surface area contributed by atoms with Crippen LogP contribution in [-0.2, 0) is 17.8 Å². The first-order chi connectivity index (χ1) is 8.51. The molecule has 0 spiro atoms. The van der Waals surface area contributed by atoms with Crippen molar-refractivity contribution in [3.8, 4) is 0 Å². The third-order valence-electron chi connectivity index (χ3n) is 2.09. The van der Waals surface area contributed by atoms with Crippen LogP contribution in [0.25, 0.3) is 0 Å². The number of rotatable bonds is 8. The number of aromatic nitrogens is 2. The normalized spacial score (nSPS) is 12.0. The van der Waals surface area contributed by atoms with Crippen LogP contribution in [0.1, 0.15) is 5.69 Å². The zero-order valence-corrected chi connectivity index (χ0v) is 10.9. The number of thioether (sulfide) groups is 1. The van der Waals surface area contributed by atoms with Crippen LogP contribution in [0.5, 0.6) is 0 Å². The number of nitrogens with zero attached hydrogens (tertiary/aromatic N) is 2. The molecular weight excluding hydrogens is 267 g/mol. The highest BCUT2D eigenvalue weighted by molar-refractivity contribution is 8.00. The maximum absolute atomic E-state index is 11.9. The highest BCUT2D eigenvalue weighted by Gasteiger charge is 2.27. The third kappa shape index (κ3) is 6.87. The van der Waals surface area contributed by atoms with Gasteiger partial charge in [0.25, 0.3) is 0 Å². The topological polar surface area (TPSA) is 39.1 Å². The van der Waals surface area contributed by atoms with Crippen molar-refractivity contribution in [3.63, 3.8) is 0 Å². The van der Waals surface area contributed by atoms with Crippen LogP contribution in [0.2, 0.25) is 0 Å². The Labute approximate surface area is 108 Å². The molecule has 0 aliphatic rings.